The van der Waals surface area contributed by atoms with E-state index in [2.05, 4.69) is 10.2 Å². The van der Waals surface area contributed by atoms with E-state index in [9.17, 15) is 0 Å². The molecule has 15 heavy (non-hydrogen) atoms. The van der Waals surface area contributed by atoms with Gasteiger partial charge in [-0.3, -0.25) is 4.90 Å². The van der Waals surface area contributed by atoms with Crippen LogP contribution in [0.2, 0.25) is 0 Å². The third-order valence-electron chi connectivity index (χ3n) is 4.09. The van der Waals surface area contributed by atoms with Crippen molar-refractivity contribution in [3.05, 3.63) is 0 Å². The topological polar surface area (TPSA) is 33.7 Å². The average molecular weight is 212 g/mol. The molecule has 3 heterocycles. The van der Waals surface area contributed by atoms with Crippen LogP contribution >= 0.6 is 0 Å². The summed E-state index contributed by atoms with van der Waals surface area (Å²) in [4.78, 5) is 2.69. The fourth-order valence-corrected chi connectivity index (χ4v) is 3.24. The molecule has 1 atom stereocenters. The molecule has 3 fully saturated rings. The zero-order valence-corrected chi connectivity index (χ0v) is 9.21. The highest BCUT2D eigenvalue weighted by Gasteiger charge is 2.45. The first-order valence-electron chi connectivity index (χ1n) is 6.04. The van der Waals surface area contributed by atoms with Gasteiger partial charge in [-0.05, 0) is 12.8 Å². The third kappa shape index (κ3) is 1.69. The summed E-state index contributed by atoms with van der Waals surface area (Å²) in [6.07, 6.45) is 2.35. The summed E-state index contributed by atoms with van der Waals surface area (Å²) in [5.74, 6) is 0. The number of piperazine rings is 1. The van der Waals surface area contributed by atoms with Crippen LogP contribution < -0.4 is 5.32 Å². The first-order chi connectivity index (χ1) is 7.41. The van der Waals surface area contributed by atoms with Gasteiger partial charge in [0, 0.05) is 44.4 Å². The van der Waals surface area contributed by atoms with Crippen molar-refractivity contribution in [1.29, 1.82) is 0 Å². The Morgan fingerprint density at radius 1 is 1.13 bits per heavy atom. The number of rotatable bonds is 0. The summed E-state index contributed by atoms with van der Waals surface area (Å²) in [6, 6.07) is 0.589. The fourth-order valence-electron chi connectivity index (χ4n) is 3.24. The quantitative estimate of drug-likeness (QED) is 0.605. The molecular weight excluding hydrogens is 192 g/mol. The molecule has 3 rings (SSSR count). The first kappa shape index (κ1) is 10.0. The molecule has 0 aliphatic carbocycles. The maximum atomic E-state index is 5.56. The summed E-state index contributed by atoms with van der Waals surface area (Å²) in [7, 11) is 0. The van der Waals surface area contributed by atoms with Crippen molar-refractivity contribution < 1.29 is 9.47 Å². The summed E-state index contributed by atoms with van der Waals surface area (Å²) in [5.41, 5.74) is 0.366. The van der Waals surface area contributed by atoms with Crippen molar-refractivity contribution in [3.8, 4) is 0 Å². The largest absolute Gasteiger partial charge is 0.381 e. The second-order valence-corrected chi connectivity index (χ2v) is 4.89. The maximum absolute atomic E-state index is 5.56. The van der Waals surface area contributed by atoms with Gasteiger partial charge >= 0.3 is 0 Å². The van der Waals surface area contributed by atoms with Crippen molar-refractivity contribution in [1.82, 2.24) is 10.2 Å². The van der Waals surface area contributed by atoms with Crippen molar-refractivity contribution in [2.75, 3.05) is 46.1 Å². The molecule has 0 aromatic carbocycles. The molecule has 4 heteroatoms. The summed E-state index contributed by atoms with van der Waals surface area (Å²) < 4.78 is 11.1. The number of hydrogen-bond donors (Lipinski definition) is 1. The van der Waals surface area contributed by atoms with E-state index in [-0.39, 0.29) is 0 Å². The van der Waals surface area contributed by atoms with E-state index in [4.69, 9.17) is 9.47 Å². The normalized spacial score (nSPS) is 36.4. The Labute approximate surface area is 90.9 Å². The van der Waals surface area contributed by atoms with Gasteiger partial charge in [0.05, 0.1) is 13.2 Å². The lowest BCUT2D eigenvalue weighted by Crippen LogP contribution is -2.70. The molecule has 0 saturated carbocycles. The Kier molecular flexibility index (Phi) is 2.68. The van der Waals surface area contributed by atoms with Crippen LogP contribution in [-0.2, 0) is 9.47 Å². The predicted octanol–water partition coefficient (Wildman–Crippen LogP) is -0.160. The van der Waals surface area contributed by atoms with E-state index in [0.717, 1.165) is 46.1 Å². The highest BCUT2D eigenvalue weighted by molar-refractivity contribution is 5.02. The van der Waals surface area contributed by atoms with Gasteiger partial charge in [-0.25, -0.2) is 0 Å². The second-order valence-electron chi connectivity index (χ2n) is 4.89. The van der Waals surface area contributed by atoms with Crippen molar-refractivity contribution in [2.45, 2.75) is 24.4 Å². The zero-order chi connectivity index (χ0) is 10.1. The highest BCUT2D eigenvalue weighted by atomic mass is 16.5. The molecule has 4 nitrogen and oxygen atoms in total. The van der Waals surface area contributed by atoms with E-state index in [1.165, 1.54) is 12.8 Å². The highest BCUT2D eigenvalue weighted by Crippen LogP contribution is 2.32. The molecule has 1 N–H and O–H groups in total. The van der Waals surface area contributed by atoms with E-state index in [1.54, 1.807) is 0 Å². The zero-order valence-electron chi connectivity index (χ0n) is 9.21. The molecule has 1 spiro atoms. The monoisotopic (exact) mass is 212 g/mol. The number of nitrogens with one attached hydrogen (secondary N) is 1. The molecular formula is C11H20N2O2. The average Bonchev–Trinajstić information content (AvgIpc) is 2.31. The molecule has 0 bridgehead atoms. The molecule has 86 valence electrons. The SMILES string of the molecule is C1CC2(CCO1)CNCC1COCCN12. The number of nitrogens with zero attached hydrogens (tertiary/aromatic N) is 1. The van der Waals surface area contributed by atoms with Crippen molar-refractivity contribution in [3.63, 3.8) is 0 Å². The van der Waals surface area contributed by atoms with E-state index >= 15 is 0 Å². The van der Waals surface area contributed by atoms with Crippen LogP contribution in [0.25, 0.3) is 0 Å². The smallest absolute Gasteiger partial charge is 0.0635 e. The lowest BCUT2D eigenvalue weighted by Gasteiger charge is -2.54. The van der Waals surface area contributed by atoms with Crippen LogP contribution in [0.3, 0.4) is 0 Å². The minimum absolute atomic E-state index is 0.366. The summed E-state index contributed by atoms with van der Waals surface area (Å²) >= 11 is 0. The Bertz CT molecular complexity index is 221. The van der Waals surface area contributed by atoms with Crippen LogP contribution in [0.15, 0.2) is 0 Å². The molecule has 1 unspecified atom stereocenters. The standard InChI is InChI=1S/C11H20N2O2/c1-4-14-5-2-11(1)9-12-7-10-8-15-6-3-13(10)11/h10,12H,1-9H2. The molecule has 0 amide bonds. The maximum Gasteiger partial charge on any atom is 0.0635 e. The molecule has 0 radical (unpaired) electrons. The van der Waals surface area contributed by atoms with Gasteiger partial charge in [0.15, 0.2) is 0 Å². The van der Waals surface area contributed by atoms with Gasteiger partial charge < -0.3 is 14.8 Å². The Morgan fingerprint density at radius 3 is 2.87 bits per heavy atom. The number of morpholine rings is 1. The van der Waals surface area contributed by atoms with Gasteiger partial charge in [0.2, 0.25) is 0 Å². The van der Waals surface area contributed by atoms with Crippen LogP contribution in [0.1, 0.15) is 12.8 Å². The Morgan fingerprint density at radius 2 is 2.00 bits per heavy atom. The van der Waals surface area contributed by atoms with Gasteiger partial charge in [-0.2, -0.15) is 0 Å². The second kappa shape index (κ2) is 4.01. The lowest BCUT2D eigenvalue weighted by atomic mass is 9.84. The molecule has 3 saturated heterocycles. The van der Waals surface area contributed by atoms with E-state index in [0.29, 0.717) is 11.6 Å². The summed E-state index contributed by atoms with van der Waals surface area (Å²) in [6.45, 7) is 6.97. The van der Waals surface area contributed by atoms with Gasteiger partial charge in [-0.1, -0.05) is 0 Å². The summed E-state index contributed by atoms with van der Waals surface area (Å²) in [5, 5.41) is 3.57. The van der Waals surface area contributed by atoms with Crippen LogP contribution in [0.4, 0.5) is 0 Å². The van der Waals surface area contributed by atoms with E-state index in [1.807, 2.05) is 0 Å². The number of hydrogen-bond acceptors (Lipinski definition) is 4. The van der Waals surface area contributed by atoms with Crippen LogP contribution in [0, 0.1) is 0 Å². The van der Waals surface area contributed by atoms with Gasteiger partial charge in [0.25, 0.3) is 0 Å². The molecule has 3 aliphatic heterocycles. The minimum Gasteiger partial charge on any atom is -0.381 e. The van der Waals surface area contributed by atoms with Crippen molar-refractivity contribution in [2.24, 2.45) is 0 Å². The molecule has 0 aromatic heterocycles. The van der Waals surface area contributed by atoms with Crippen LogP contribution in [0.5, 0.6) is 0 Å². The van der Waals surface area contributed by atoms with Gasteiger partial charge in [0.1, 0.15) is 0 Å². The van der Waals surface area contributed by atoms with Crippen LogP contribution in [-0.4, -0.2) is 62.5 Å². The van der Waals surface area contributed by atoms with E-state index < -0.39 is 0 Å². The Balaban J connectivity index is 1.79. The predicted molar refractivity (Wildman–Crippen MR) is 57.0 cm³/mol. The minimum atomic E-state index is 0.366. The van der Waals surface area contributed by atoms with Gasteiger partial charge in [-0.15, -0.1) is 0 Å². The number of ether oxygens (including phenoxy) is 2. The molecule has 3 aliphatic rings. The fraction of sp³-hybridized carbons (Fsp3) is 1.00. The third-order valence-corrected chi connectivity index (χ3v) is 4.09. The first-order valence-corrected chi connectivity index (χ1v) is 6.04. The number of fused-ring (bicyclic) bond motifs is 2. The molecule has 0 aromatic rings. The Hall–Kier alpha value is -0.160. The lowest BCUT2D eigenvalue weighted by molar-refractivity contribution is -0.115. The van der Waals surface area contributed by atoms with Crippen molar-refractivity contribution >= 4 is 0 Å².